The fourth-order valence-corrected chi connectivity index (χ4v) is 2.03. The van der Waals surface area contributed by atoms with E-state index in [1.165, 1.54) is 0 Å². The third kappa shape index (κ3) is 5.41. The molecule has 106 valence electrons. The van der Waals surface area contributed by atoms with Gasteiger partial charge in [-0.15, -0.1) is 0 Å². The van der Waals surface area contributed by atoms with Crippen molar-refractivity contribution in [2.45, 2.75) is 32.8 Å². The van der Waals surface area contributed by atoms with Crippen molar-refractivity contribution in [3.05, 3.63) is 35.4 Å². The summed E-state index contributed by atoms with van der Waals surface area (Å²) in [4.78, 5) is 11.3. The van der Waals surface area contributed by atoms with Gasteiger partial charge in [-0.25, -0.2) is 0 Å². The summed E-state index contributed by atoms with van der Waals surface area (Å²) in [5.41, 5.74) is 2.09. The Kier molecular flexibility index (Phi) is 6.53. The molecule has 0 aromatic heterocycles. The smallest absolute Gasteiger partial charge is 0.306 e. The van der Waals surface area contributed by atoms with Gasteiger partial charge in [-0.05, 0) is 37.8 Å². The van der Waals surface area contributed by atoms with E-state index < -0.39 is 18.0 Å². The van der Waals surface area contributed by atoms with Crippen LogP contribution in [0.15, 0.2) is 24.3 Å². The number of benzene rings is 1. The van der Waals surface area contributed by atoms with Crippen LogP contribution in [0.1, 0.15) is 24.5 Å². The second-order valence-electron chi connectivity index (χ2n) is 4.71. The van der Waals surface area contributed by atoms with Gasteiger partial charge in [0, 0.05) is 6.61 Å². The first-order valence-electron chi connectivity index (χ1n) is 6.57. The van der Waals surface area contributed by atoms with Crippen molar-refractivity contribution < 1.29 is 19.7 Å². The predicted octanol–water partition coefficient (Wildman–Crippen LogP) is 2.03. The zero-order chi connectivity index (χ0) is 14.3. The van der Waals surface area contributed by atoms with Gasteiger partial charge in [-0.2, -0.15) is 0 Å². The summed E-state index contributed by atoms with van der Waals surface area (Å²) >= 11 is 0. The van der Waals surface area contributed by atoms with Crippen LogP contribution in [0.4, 0.5) is 0 Å². The highest BCUT2D eigenvalue weighted by Gasteiger charge is 2.22. The largest absolute Gasteiger partial charge is 0.481 e. The third-order valence-corrected chi connectivity index (χ3v) is 3.15. The number of carboxylic acid groups (broad SMARTS) is 1. The van der Waals surface area contributed by atoms with Crippen LogP contribution in [0.25, 0.3) is 0 Å². The zero-order valence-corrected chi connectivity index (χ0v) is 11.5. The molecule has 4 heteroatoms. The van der Waals surface area contributed by atoms with Gasteiger partial charge in [-0.3, -0.25) is 4.79 Å². The Morgan fingerprint density at radius 3 is 2.63 bits per heavy atom. The number of aliphatic hydroxyl groups is 1. The molecular weight excluding hydrogens is 244 g/mol. The van der Waals surface area contributed by atoms with Gasteiger partial charge in [0.1, 0.15) is 0 Å². The van der Waals surface area contributed by atoms with Crippen LogP contribution in [0.5, 0.6) is 0 Å². The topological polar surface area (TPSA) is 66.8 Å². The number of aliphatic hydroxyl groups excluding tert-OH is 1. The molecule has 0 heterocycles. The molecule has 0 fully saturated rings. The molecule has 1 aromatic carbocycles. The van der Waals surface area contributed by atoms with Gasteiger partial charge in [0.15, 0.2) is 0 Å². The maximum absolute atomic E-state index is 11.3. The molecule has 1 rings (SSSR count). The van der Waals surface area contributed by atoms with E-state index >= 15 is 0 Å². The second kappa shape index (κ2) is 7.92. The summed E-state index contributed by atoms with van der Waals surface area (Å²) in [6.07, 6.45) is -0.0837. The van der Waals surface area contributed by atoms with Gasteiger partial charge in [0.05, 0.1) is 18.6 Å². The lowest BCUT2D eigenvalue weighted by Crippen LogP contribution is -2.26. The summed E-state index contributed by atoms with van der Waals surface area (Å²) in [5.74, 6) is -1.46. The lowest BCUT2D eigenvalue weighted by molar-refractivity contribution is -0.143. The molecule has 0 amide bonds. The number of hydrogen-bond donors (Lipinski definition) is 2. The Hall–Kier alpha value is -1.39. The van der Waals surface area contributed by atoms with Crippen LogP contribution in [0, 0.1) is 12.8 Å². The normalized spacial score (nSPS) is 14.1. The summed E-state index contributed by atoms with van der Waals surface area (Å²) in [7, 11) is 0. The molecule has 4 nitrogen and oxygen atoms in total. The molecule has 19 heavy (non-hydrogen) atoms. The van der Waals surface area contributed by atoms with E-state index in [1.807, 2.05) is 38.1 Å². The van der Waals surface area contributed by atoms with E-state index in [0.717, 1.165) is 11.1 Å². The Balaban J connectivity index is 2.63. The molecule has 2 N–H and O–H groups in total. The molecule has 0 aliphatic rings. The molecule has 0 aliphatic carbocycles. The number of aryl methyl sites for hydroxylation is 1. The number of rotatable bonds is 8. The van der Waals surface area contributed by atoms with Crippen molar-refractivity contribution >= 4 is 5.97 Å². The Labute approximate surface area is 114 Å². The summed E-state index contributed by atoms with van der Waals surface area (Å²) in [5, 5.41) is 19.0. The first kappa shape index (κ1) is 15.7. The van der Waals surface area contributed by atoms with Crippen LogP contribution < -0.4 is 0 Å². The van der Waals surface area contributed by atoms with E-state index in [2.05, 4.69) is 0 Å². The first-order chi connectivity index (χ1) is 9.04. The van der Waals surface area contributed by atoms with Crippen molar-refractivity contribution in [1.29, 1.82) is 0 Å². The number of carbonyl (C=O) groups is 1. The zero-order valence-electron chi connectivity index (χ0n) is 11.5. The first-order valence-corrected chi connectivity index (χ1v) is 6.57. The SMILES string of the molecule is CCOCC(O)CC(Cc1ccccc1C)C(=O)O. The Bertz CT molecular complexity index is 403. The van der Waals surface area contributed by atoms with E-state index in [4.69, 9.17) is 4.74 Å². The minimum atomic E-state index is -0.876. The van der Waals surface area contributed by atoms with Gasteiger partial charge in [-0.1, -0.05) is 24.3 Å². The summed E-state index contributed by atoms with van der Waals surface area (Å²) in [6, 6.07) is 7.72. The fraction of sp³-hybridized carbons (Fsp3) is 0.533. The molecule has 2 atom stereocenters. The van der Waals surface area contributed by atoms with Crippen LogP contribution in [-0.2, 0) is 16.0 Å². The van der Waals surface area contributed by atoms with E-state index in [9.17, 15) is 15.0 Å². The summed E-state index contributed by atoms with van der Waals surface area (Å²) in [6.45, 7) is 4.51. The second-order valence-corrected chi connectivity index (χ2v) is 4.71. The van der Waals surface area contributed by atoms with Crippen molar-refractivity contribution in [2.24, 2.45) is 5.92 Å². The van der Waals surface area contributed by atoms with E-state index in [0.29, 0.717) is 13.0 Å². The number of carboxylic acids is 1. The molecule has 2 unspecified atom stereocenters. The van der Waals surface area contributed by atoms with Crippen LogP contribution in [0.3, 0.4) is 0 Å². The molecule has 0 bridgehead atoms. The van der Waals surface area contributed by atoms with Gasteiger partial charge < -0.3 is 14.9 Å². The Morgan fingerprint density at radius 2 is 2.05 bits per heavy atom. The predicted molar refractivity (Wildman–Crippen MR) is 73.1 cm³/mol. The molecule has 0 radical (unpaired) electrons. The van der Waals surface area contributed by atoms with Crippen molar-refractivity contribution in [2.75, 3.05) is 13.2 Å². The molecule has 0 spiro atoms. The molecule has 0 saturated heterocycles. The summed E-state index contributed by atoms with van der Waals surface area (Å²) < 4.78 is 5.11. The lowest BCUT2D eigenvalue weighted by Gasteiger charge is -2.17. The lowest BCUT2D eigenvalue weighted by atomic mass is 9.92. The average molecular weight is 266 g/mol. The average Bonchev–Trinajstić information content (AvgIpc) is 2.38. The van der Waals surface area contributed by atoms with Crippen LogP contribution in [-0.4, -0.2) is 35.5 Å². The highest BCUT2D eigenvalue weighted by Crippen LogP contribution is 2.18. The standard InChI is InChI=1S/C15H22O4/c1-3-19-10-14(16)9-13(15(17)18)8-12-7-5-4-6-11(12)2/h4-7,13-14,16H,3,8-10H2,1-2H3,(H,17,18). The molecule has 1 aromatic rings. The number of hydrogen-bond acceptors (Lipinski definition) is 3. The van der Waals surface area contributed by atoms with Crippen LogP contribution >= 0.6 is 0 Å². The van der Waals surface area contributed by atoms with Crippen molar-refractivity contribution in [3.8, 4) is 0 Å². The maximum atomic E-state index is 11.3. The van der Waals surface area contributed by atoms with Gasteiger partial charge in [0.25, 0.3) is 0 Å². The molecule has 0 saturated carbocycles. The van der Waals surface area contributed by atoms with E-state index in [1.54, 1.807) is 0 Å². The fourth-order valence-electron chi connectivity index (χ4n) is 2.03. The molecule has 0 aliphatic heterocycles. The van der Waals surface area contributed by atoms with Gasteiger partial charge >= 0.3 is 5.97 Å². The third-order valence-electron chi connectivity index (χ3n) is 3.15. The highest BCUT2D eigenvalue weighted by atomic mass is 16.5. The molecular formula is C15H22O4. The Morgan fingerprint density at radius 1 is 1.37 bits per heavy atom. The minimum Gasteiger partial charge on any atom is -0.481 e. The maximum Gasteiger partial charge on any atom is 0.306 e. The van der Waals surface area contributed by atoms with E-state index in [-0.39, 0.29) is 13.0 Å². The van der Waals surface area contributed by atoms with Crippen molar-refractivity contribution in [3.63, 3.8) is 0 Å². The van der Waals surface area contributed by atoms with Crippen LogP contribution in [0.2, 0.25) is 0 Å². The van der Waals surface area contributed by atoms with Crippen molar-refractivity contribution in [1.82, 2.24) is 0 Å². The number of ether oxygens (including phenoxy) is 1. The quantitative estimate of drug-likeness (QED) is 0.755. The number of aliphatic carboxylic acids is 1. The van der Waals surface area contributed by atoms with Gasteiger partial charge in [0.2, 0.25) is 0 Å². The highest BCUT2D eigenvalue weighted by molar-refractivity contribution is 5.70. The monoisotopic (exact) mass is 266 g/mol. The minimum absolute atomic E-state index is 0.189.